The third-order valence-electron chi connectivity index (χ3n) is 17.2. The van der Waals surface area contributed by atoms with Crippen LogP contribution in [0.3, 0.4) is 0 Å². The van der Waals surface area contributed by atoms with Crippen molar-refractivity contribution in [3.05, 3.63) is 11.6 Å². The van der Waals surface area contributed by atoms with Crippen LogP contribution in [0.1, 0.15) is 151 Å². The van der Waals surface area contributed by atoms with Crippen molar-refractivity contribution in [2.75, 3.05) is 13.1 Å². The Morgan fingerprint density at radius 2 is 1.53 bits per heavy atom. The molecule has 47 heavy (non-hydrogen) atoms. The molecule has 4 bridgehead atoms. The first-order valence-corrected chi connectivity index (χ1v) is 20.3. The molecule has 9 fully saturated rings. The summed E-state index contributed by atoms with van der Waals surface area (Å²) >= 11 is 0. The normalized spacial score (nSPS) is 49.9. The molecule has 1 amide bonds. The quantitative estimate of drug-likeness (QED) is 0.219. The first kappa shape index (κ1) is 33.1. The molecule has 5 nitrogen and oxygen atoms in total. The van der Waals surface area contributed by atoms with Gasteiger partial charge in [0, 0.05) is 30.6 Å². The third-order valence-corrected chi connectivity index (χ3v) is 17.2. The van der Waals surface area contributed by atoms with Gasteiger partial charge in [-0.05, 0) is 153 Å². The van der Waals surface area contributed by atoms with Gasteiger partial charge < -0.3 is 21.1 Å². The summed E-state index contributed by atoms with van der Waals surface area (Å²) in [6, 6.07) is 0. The summed E-state index contributed by atoms with van der Waals surface area (Å²) in [5.41, 5.74) is 15.9. The van der Waals surface area contributed by atoms with Gasteiger partial charge in [-0.1, -0.05) is 66.0 Å². The fraction of sp³-hybridized carbons (Fsp3) is 0.929. The van der Waals surface area contributed by atoms with E-state index >= 15 is 0 Å². The predicted molar refractivity (Wildman–Crippen MR) is 190 cm³/mol. The van der Waals surface area contributed by atoms with Gasteiger partial charge in [0.05, 0.1) is 0 Å². The molecular formula is C42H69N3O2. The van der Waals surface area contributed by atoms with E-state index in [1.807, 2.05) is 0 Å². The van der Waals surface area contributed by atoms with Crippen molar-refractivity contribution >= 4 is 6.09 Å². The summed E-state index contributed by atoms with van der Waals surface area (Å²) in [6.07, 6.45) is 23.3. The fourth-order valence-electron chi connectivity index (χ4n) is 15.1. The van der Waals surface area contributed by atoms with Crippen LogP contribution in [0.4, 0.5) is 4.79 Å². The minimum Gasteiger partial charge on any atom is -0.446 e. The second kappa shape index (κ2) is 11.0. The number of hydrogen-bond acceptors (Lipinski definition) is 4. The summed E-state index contributed by atoms with van der Waals surface area (Å²) in [6.45, 7) is 16.8. The van der Waals surface area contributed by atoms with Gasteiger partial charge in [0.2, 0.25) is 0 Å². The number of nitrogens with two attached hydrogens (primary N) is 2. The van der Waals surface area contributed by atoms with Crippen LogP contribution in [-0.4, -0.2) is 41.3 Å². The summed E-state index contributed by atoms with van der Waals surface area (Å²) in [5, 5.41) is 0. The molecule has 0 aromatic carbocycles. The number of amides is 1. The van der Waals surface area contributed by atoms with Gasteiger partial charge in [0.15, 0.2) is 0 Å². The summed E-state index contributed by atoms with van der Waals surface area (Å²) < 4.78 is 6.47. The molecular weight excluding hydrogens is 578 g/mol. The van der Waals surface area contributed by atoms with Crippen LogP contribution in [0.5, 0.6) is 0 Å². The highest BCUT2D eigenvalue weighted by Crippen LogP contribution is 2.69. The molecule has 10 rings (SSSR count). The smallest absolute Gasteiger partial charge is 0.410 e. The van der Waals surface area contributed by atoms with E-state index < -0.39 is 0 Å². The van der Waals surface area contributed by atoms with Crippen LogP contribution >= 0.6 is 0 Å². The van der Waals surface area contributed by atoms with E-state index in [0.717, 1.165) is 106 Å². The molecule has 0 radical (unpaired) electrons. The van der Waals surface area contributed by atoms with E-state index in [2.05, 4.69) is 52.5 Å². The maximum Gasteiger partial charge on any atom is 0.410 e. The zero-order valence-corrected chi connectivity index (χ0v) is 31.0. The summed E-state index contributed by atoms with van der Waals surface area (Å²) in [4.78, 5) is 16.0. The Labute approximate surface area is 287 Å². The van der Waals surface area contributed by atoms with Crippen LogP contribution < -0.4 is 11.5 Å². The highest BCUT2D eigenvalue weighted by atomic mass is 16.6. The van der Waals surface area contributed by atoms with Crippen LogP contribution in [0.2, 0.25) is 0 Å². The van der Waals surface area contributed by atoms with Crippen LogP contribution in [0.15, 0.2) is 11.6 Å². The number of allylic oxidation sites excluding steroid dienone is 1. The molecule has 10 aliphatic rings. The number of hydrogen-bond donors (Lipinski definition) is 2. The maximum absolute atomic E-state index is 13.9. The zero-order valence-electron chi connectivity index (χ0n) is 31.0. The second-order valence-corrected chi connectivity index (χ2v) is 20.8. The van der Waals surface area contributed by atoms with E-state index in [9.17, 15) is 4.79 Å². The third kappa shape index (κ3) is 5.22. The van der Waals surface area contributed by atoms with Gasteiger partial charge in [-0.15, -0.1) is 0 Å². The molecule has 0 heterocycles. The highest BCUT2D eigenvalue weighted by Gasteiger charge is 2.69. The molecule has 10 aliphatic carbocycles. The lowest BCUT2D eigenvalue weighted by atomic mass is 9.38. The van der Waals surface area contributed by atoms with Crippen LogP contribution in [-0.2, 0) is 4.74 Å². The van der Waals surface area contributed by atoms with E-state index in [1.165, 1.54) is 57.8 Å². The SMILES string of the molecule is CCC(CCC(C)[C@H]1CC[C@H]2[C@@H]3CC=C4C[C@@H](OC(=O)N(CC56CC(N)(C5)C6)CC56CC(N)(C5)C6)CC[C@]4(C)[C@H]3CC[C@]12C)C(C)C. The van der Waals surface area contributed by atoms with E-state index in [4.69, 9.17) is 16.2 Å². The Kier molecular flexibility index (Phi) is 7.72. The molecule has 0 aromatic heterocycles. The number of nitrogens with zero attached hydrogens (tertiary/aromatic N) is 1. The fourth-order valence-corrected chi connectivity index (χ4v) is 15.1. The van der Waals surface area contributed by atoms with Gasteiger partial charge >= 0.3 is 6.09 Å². The Morgan fingerprint density at radius 3 is 2.11 bits per heavy atom. The lowest BCUT2D eigenvalue weighted by Gasteiger charge is -2.72. The lowest BCUT2D eigenvalue weighted by molar-refractivity contribution is -0.173. The molecule has 9 saturated carbocycles. The van der Waals surface area contributed by atoms with E-state index in [-0.39, 0.29) is 39.5 Å². The van der Waals surface area contributed by atoms with Crippen molar-refractivity contribution < 1.29 is 9.53 Å². The summed E-state index contributed by atoms with van der Waals surface area (Å²) in [7, 11) is 0. The van der Waals surface area contributed by atoms with Crippen molar-refractivity contribution in [1.82, 2.24) is 4.90 Å². The molecule has 0 aromatic rings. The van der Waals surface area contributed by atoms with Crippen molar-refractivity contribution in [3.8, 4) is 0 Å². The van der Waals surface area contributed by atoms with Crippen LogP contribution in [0.25, 0.3) is 0 Å². The van der Waals surface area contributed by atoms with Crippen molar-refractivity contribution in [3.63, 3.8) is 0 Å². The van der Waals surface area contributed by atoms with Gasteiger partial charge in [-0.3, -0.25) is 0 Å². The molecule has 0 aliphatic heterocycles. The Morgan fingerprint density at radius 1 is 0.894 bits per heavy atom. The number of ether oxygens (including phenoxy) is 1. The Balaban J connectivity index is 0.906. The molecule has 0 saturated heterocycles. The summed E-state index contributed by atoms with van der Waals surface area (Å²) in [5.74, 6) is 5.96. The molecule has 4 N–H and O–H groups in total. The van der Waals surface area contributed by atoms with Crippen molar-refractivity contribution in [1.29, 1.82) is 0 Å². The molecule has 264 valence electrons. The first-order chi connectivity index (χ1) is 22.1. The molecule has 2 unspecified atom stereocenters. The number of carbonyl (C=O) groups is 1. The van der Waals surface area contributed by atoms with Gasteiger partial charge in [-0.25, -0.2) is 4.79 Å². The van der Waals surface area contributed by atoms with Crippen molar-refractivity contribution in [2.24, 2.45) is 74.6 Å². The largest absolute Gasteiger partial charge is 0.446 e. The second-order valence-electron chi connectivity index (χ2n) is 20.8. The Bertz CT molecular complexity index is 1210. The molecule has 5 heteroatoms. The maximum atomic E-state index is 13.9. The lowest BCUT2D eigenvalue weighted by Crippen LogP contribution is -2.77. The monoisotopic (exact) mass is 648 g/mol. The van der Waals surface area contributed by atoms with Gasteiger partial charge in [-0.2, -0.15) is 0 Å². The first-order valence-electron chi connectivity index (χ1n) is 20.3. The minimum atomic E-state index is -0.0577. The highest BCUT2D eigenvalue weighted by molar-refractivity contribution is 5.68. The zero-order chi connectivity index (χ0) is 33.2. The number of carbonyl (C=O) groups excluding carboxylic acids is 1. The Hall–Kier alpha value is -1.07. The minimum absolute atomic E-state index is 0.0204. The number of rotatable bonds is 11. The van der Waals surface area contributed by atoms with Gasteiger partial charge in [0.1, 0.15) is 6.10 Å². The topological polar surface area (TPSA) is 81.6 Å². The predicted octanol–water partition coefficient (Wildman–Crippen LogP) is 9.23. The number of fused-ring (bicyclic) bond motifs is 5. The molecule has 9 atom stereocenters. The van der Waals surface area contributed by atoms with E-state index in [1.54, 1.807) is 5.57 Å². The van der Waals surface area contributed by atoms with Gasteiger partial charge in [0.25, 0.3) is 0 Å². The van der Waals surface area contributed by atoms with E-state index in [0.29, 0.717) is 5.41 Å². The average molecular weight is 648 g/mol. The van der Waals surface area contributed by atoms with Crippen LogP contribution in [0, 0.1) is 63.1 Å². The van der Waals surface area contributed by atoms with Crippen molar-refractivity contribution in [2.45, 2.75) is 168 Å². The standard InChI is InChI=1S/C42H69N3O2/c1-7-29(27(2)3)9-8-28(4)33-12-13-34-32-11-10-30-18-31(14-16-37(30,5)35(32)15-17-38(33,34)6)47-36(46)45(25-39-19-41(43,20-39)21-39)26-40-22-42(44,23-40)24-40/h10,27-29,31-35H,7-9,11-26,43-44H2,1-6H3/t28?,29?,31-,32-,33+,34-,35-,37-,38+,39?,40?,41?,42?/m0/s1. The average Bonchev–Trinajstić information content (AvgIpc) is 3.31. The molecule has 0 spiro atoms.